The van der Waals surface area contributed by atoms with Crippen molar-refractivity contribution < 1.29 is 19.1 Å². The summed E-state index contributed by atoms with van der Waals surface area (Å²) < 4.78 is 6.14. The van der Waals surface area contributed by atoms with Gasteiger partial charge in [0.2, 0.25) is 5.91 Å². The molecule has 2 aromatic rings. The van der Waals surface area contributed by atoms with Crippen LogP contribution in [0, 0.1) is 0 Å². The van der Waals surface area contributed by atoms with Crippen molar-refractivity contribution >= 4 is 18.0 Å². The molecule has 1 atom stereocenters. The van der Waals surface area contributed by atoms with Crippen LogP contribution in [-0.4, -0.2) is 78.0 Å². The van der Waals surface area contributed by atoms with Crippen LogP contribution in [0.2, 0.25) is 0 Å². The molecule has 0 spiro atoms. The van der Waals surface area contributed by atoms with E-state index in [1.54, 1.807) is 20.8 Å². The van der Waals surface area contributed by atoms with E-state index in [1.165, 1.54) is 6.92 Å². The van der Waals surface area contributed by atoms with E-state index in [2.05, 4.69) is 11.9 Å². The second-order valence-corrected chi connectivity index (χ2v) is 8.48. The van der Waals surface area contributed by atoms with Gasteiger partial charge >= 0.3 is 12.1 Å². The molecule has 1 unspecified atom stereocenters. The lowest BCUT2D eigenvalue weighted by Crippen LogP contribution is -2.60. The highest BCUT2D eigenvalue weighted by Crippen LogP contribution is 2.45. The number of carbonyl (C=O) groups is 3. The molecule has 178 valence electrons. The van der Waals surface area contributed by atoms with Gasteiger partial charge in [0.05, 0.1) is 0 Å². The number of nitrogens with zero attached hydrogens (tertiary/aromatic N) is 3. The predicted molar refractivity (Wildman–Crippen MR) is 128 cm³/mol. The first-order chi connectivity index (χ1) is 16.5. The molecule has 34 heavy (non-hydrogen) atoms. The molecule has 4 rings (SSSR count). The van der Waals surface area contributed by atoms with Gasteiger partial charge in [0.1, 0.15) is 6.04 Å². The molecule has 0 bridgehead atoms. The number of carbonyl (C=O) groups excluding carboxylic acids is 3. The molecule has 2 aromatic carbocycles. The lowest BCUT2D eigenvalue weighted by atomic mass is 9.79. The smallest absolute Gasteiger partial charge is 0.411 e. The molecule has 8 nitrogen and oxygen atoms in total. The molecular weight excluding hydrogens is 432 g/mol. The van der Waals surface area contributed by atoms with Gasteiger partial charge in [0.25, 0.3) is 0 Å². The minimum atomic E-state index is -1.02. The van der Waals surface area contributed by atoms with E-state index in [0.717, 1.165) is 11.1 Å². The van der Waals surface area contributed by atoms with Crippen molar-refractivity contribution in [2.75, 3.05) is 39.3 Å². The van der Waals surface area contributed by atoms with Crippen LogP contribution in [0.1, 0.15) is 18.1 Å². The van der Waals surface area contributed by atoms with Crippen LogP contribution in [0.4, 0.5) is 9.59 Å². The fraction of sp³-hybridized carbons (Fsp3) is 0.346. The summed E-state index contributed by atoms with van der Waals surface area (Å²) in [6, 6.07) is 18.8. The first kappa shape index (κ1) is 23.4. The first-order valence-electron chi connectivity index (χ1n) is 11.5. The van der Waals surface area contributed by atoms with Crippen molar-refractivity contribution in [3.63, 3.8) is 0 Å². The monoisotopic (exact) mass is 462 g/mol. The predicted octanol–water partition coefficient (Wildman–Crippen LogP) is 2.81. The summed E-state index contributed by atoms with van der Waals surface area (Å²) >= 11 is 0. The van der Waals surface area contributed by atoms with E-state index < -0.39 is 5.60 Å². The quantitative estimate of drug-likeness (QED) is 0.642. The van der Waals surface area contributed by atoms with Gasteiger partial charge < -0.3 is 19.9 Å². The molecular formula is C26H30N4O4. The van der Waals surface area contributed by atoms with Crippen molar-refractivity contribution in [1.29, 1.82) is 0 Å². The Bertz CT molecular complexity index is 1000. The van der Waals surface area contributed by atoms with Crippen LogP contribution in [0.15, 0.2) is 73.3 Å². The number of nitrogens with one attached hydrogen (secondary N) is 1. The van der Waals surface area contributed by atoms with Crippen molar-refractivity contribution in [3.8, 4) is 0 Å². The molecule has 2 aliphatic heterocycles. The van der Waals surface area contributed by atoms with Gasteiger partial charge in [-0.25, -0.2) is 9.59 Å². The normalized spacial score (nSPS) is 18.6. The Balaban J connectivity index is 1.55. The Morgan fingerprint density at radius 1 is 1.12 bits per heavy atom. The lowest BCUT2D eigenvalue weighted by molar-refractivity contribution is -0.128. The molecule has 2 heterocycles. The van der Waals surface area contributed by atoms with Crippen molar-refractivity contribution in [2.24, 2.45) is 0 Å². The van der Waals surface area contributed by atoms with E-state index in [1.807, 2.05) is 60.7 Å². The highest BCUT2D eigenvalue weighted by atomic mass is 16.6. The maximum Gasteiger partial charge on any atom is 0.411 e. The van der Waals surface area contributed by atoms with Crippen molar-refractivity contribution in [1.82, 2.24) is 20.0 Å². The van der Waals surface area contributed by atoms with Crippen molar-refractivity contribution in [3.05, 3.63) is 84.4 Å². The minimum absolute atomic E-state index is 0.0696. The number of hydrogen-bond donors (Lipinski definition) is 1. The fourth-order valence-electron chi connectivity index (χ4n) is 4.78. The number of hydrogen-bond acceptors (Lipinski definition) is 4. The Morgan fingerprint density at radius 3 is 2.29 bits per heavy atom. The van der Waals surface area contributed by atoms with Gasteiger partial charge in [0.15, 0.2) is 5.60 Å². The van der Waals surface area contributed by atoms with E-state index in [-0.39, 0.29) is 24.1 Å². The zero-order chi connectivity index (χ0) is 24.1. The molecule has 0 aliphatic carbocycles. The zero-order valence-electron chi connectivity index (χ0n) is 19.4. The fourth-order valence-corrected chi connectivity index (χ4v) is 4.78. The molecule has 1 N–H and O–H groups in total. The second-order valence-electron chi connectivity index (χ2n) is 8.48. The van der Waals surface area contributed by atoms with Gasteiger partial charge in [-0.3, -0.25) is 9.69 Å². The number of amides is 4. The van der Waals surface area contributed by atoms with Crippen LogP contribution in [0.3, 0.4) is 0 Å². The molecule has 0 radical (unpaired) electrons. The Kier molecular flexibility index (Phi) is 6.86. The van der Waals surface area contributed by atoms with Crippen LogP contribution < -0.4 is 5.32 Å². The molecule has 0 saturated carbocycles. The summed E-state index contributed by atoms with van der Waals surface area (Å²) in [5, 5.41) is 2.91. The van der Waals surface area contributed by atoms with Crippen LogP contribution in [0.5, 0.6) is 0 Å². The lowest BCUT2D eigenvalue weighted by Gasteiger charge is -2.42. The summed E-state index contributed by atoms with van der Waals surface area (Å²) in [6.07, 6.45) is 1.28. The Morgan fingerprint density at radius 2 is 1.74 bits per heavy atom. The van der Waals surface area contributed by atoms with Crippen LogP contribution in [0.25, 0.3) is 0 Å². The average Bonchev–Trinajstić information content (AvgIpc) is 3.17. The molecule has 2 fully saturated rings. The van der Waals surface area contributed by atoms with E-state index in [9.17, 15) is 14.4 Å². The third kappa shape index (κ3) is 4.35. The van der Waals surface area contributed by atoms with Gasteiger partial charge in [0, 0.05) is 57.3 Å². The number of fused-ring (bicyclic) bond motifs is 1. The highest BCUT2D eigenvalue weighted by molar-refractivity contribution is 5.77. The number of benzene rings is 2. The van der Waals surface area contributed by atoms with Crippen molar-refractivity contribution in [2.45, 2.75) is 18.6 Å². The van der Waals surface area contributed by atoms with Crippen LogP contribution >= 0.6 is 0 Å². The SMILES string of the molecule is C=CCN(CCNC(=O)N1CCN2C(=O)OC(c3ccccc3)(c3ccccc3)C2C1)C(C)=O. The van der Waals surface area contributed by atoms with Gasteiger partial charge in [-0.15, -0.1) is 6.58 Å². The number of piperazine rings is 1. The first-order valence-corrected chi connectivity index (χ1v) is 11.5. The largest absolute Gasteiger partial charge is 0.431 e. The number of urea groups is 1. The summed E-state index contributed by atoms with van der Waals surface area (Å²) in [5.74, 6) is -0.0696. The van der Waals surface area contributed by atoms with E-state index in [4.69, 9.17) is 4.74 Å². The molecule has 2 saturated heterocycles. The Hall–Kier alpha value is -3.81. The third-order valence-corrected chi connectivity index (χ3v) is 6.48. The van der Waals surface area contributed by atoms with Gasteiger partial charge in [-0.05, 0) is 0 Å². The zero-order valence-corrected chi connectivity index (χ0v) is 19.4. The molecule has 4 amide bonds. The highest BCUT2D eigenvalue weighted by Gasteiger charge is 2.58. The summed E-state index contributed by atoms with van der Waals surface area (Å²) in [7, 11) is 0. The van der Waals surface area contributed by atoms with Crippen LogP contribution in [-0.2, 0) is 15.1 Å². The average molecular weight is 463 g/mol. The maximum atomic E-state index is 13.0. The maximum absolute atomic E-state index is 13.0. The summed E-state index contributed by atoms with van der Waals surface area (Å²) in [6.45, 7) is 7.43. The number of ether oxygens (including phenoxy) is 1. The molecule has 8 heteroatoms. The standard InChI is InChI=1S/C26H30N4O4/c1-3-15-28(20(2)31)16-14-27-24(32)29-17-18-30-23(19-29)26(34-25(30)33,21-10-6-4-7-11-21)22-12-8-5-9-13-22/h3-13,23H,1,14-19H2,2H3,(H,27,32). The van der Waals surface area contributed by atoms with Gasteiger partial charge in [-0.2, -0.15) is 0 Å². The molecule has 0 aromatic heterocycles. The van der Waals surface area contributed by atoms with Gasteiger partial charge in [-0.1, -0.05) is 66.7 Å². The topological polar surface area (TPSA) is 82.2 Å². The third-order valence-electron chi connectivity index (χ3n) is 6.48. The second kappa shape index (κ2) is 9.99. The number of cyclic esters (lactones) is 1. The Labute approximate surface area is 199 Å². The summed E-state index contributed by atoms with van der Waals surface area (Å²) in [5.41, 5.74) is 0.713. The number of rotatable bonds is 7. The summed E-state index contributed by atoms with van der Waals surface area (Å²) in [4.78, 5) is 42.7. The van der Waals surface area contributed by atoms with E-state index in [0.29, 0.717) is 39.3 Å². The van der Waals surface area contributed by atoms with E-state index >= 15 is 0 Å². The minimum Gasteiger partial charge on any atom is -0.431 e. The molecule has 2 aliphatic rings.